The van der Waals surface area contributed by atoms with Crippen molar-refractivity contribution in [3.8, 4) is 5.75 Å². The minimum atomic E-state index is -0.327. The van der Waals surface area contributed by atoms with E-state index in [-0.39, 0.29) is 5.82 Å². The summed E-state index contributed by atoms with van der Waals surface area (Å²) in [7, 11) is 1.54. The molecule has 94 valence electrons. The lowest BCUT2D eigenvalue weighted by molar-refractivity contribution is 0.416. The van der Waals surface area contributed by atoms with Gasteiger partial charge in [-0.1, -0.05) is 0 Å². The molecule has 1 heterocycles. The fourth-order valence-electron chi connectivity index (χ4n) is 1.52. The summed E-state index contributed by atoms with van der Waals surface area (Å²) < 4.78 is 19.3. The number of benzene rings is 1. The molecule has 0 aliphatic heterocycles. The van der Waals surface area contributed by atoms with E-state index in [0.29, 0.717) is 17.3 Å². The highest BCUT2D eigenvalue weighted by Crippen LogP contribution is 2.28. The first kappa shape index (κ1) is 12.8. The second-order valence-corrected chi connectivity index (χ2v) is 4.64. The number of ether oxygens (including phenoxy) is 1. The molecule has 3 nitrogen and oxygen atoms in total. The maximum atomic E-state index is 13.2. The van der Waals surface area contributed by atoms with E-state index < -0.39 is 0 Å². The molecular formula is C13H12BrFN2O. The van der Waals surface area contributed by atoms with Crippen LogP contribution in [0.5, 0.6) is 5.75 Å². The third-order valence-corrected chi connectivity index (χ3v) is 3.30. The number of anilines is 2. The molecular weight excluding hydrogens is 299 g/mol. The van der Waals surface area contributed by atoms with Crippen LogP contribution >= 0.6 is 15.9 Å². The van der Waals surface area contributed by atoms with Crippen LogP contribution < -0.4 is 10.1 Å². The number of nitrogens with one attached hydrogen (secondary N) is 1. The molecule has 0 fully saturated rings. The van der Waals surface area contributed by atoms with Crippen LogP contribution in [0.2, 0.25) is 0 Å². The largest absolute Gasteiger partial charge is 0.495 e. The quantitative estimate of drug-likeness (QED) is 0.929. The predicted octanol–water partition coefficient (Wildman–Crippen LogP) is 4.04. The standard InChI is InChI=1S/C13H12BrFN2O/c1-8-5-13(16-7-10(8)14)17-11-6-9(15)3-4-12(11)18-2/h3-7H,1-2H3,(H,16,17). The molecule has 5 heteroatoms. The van der Waals surface area contributed by atoms with Crippen LogP contribution in [-0.2, 0) is 0 Å². The number of methoxy groups -OCH3 is 1. The Morgan fingerprint density at radius 3 is 2.78 bits per heavy atom. The number of nitrogens with zero attached hydrogens (tertiary/aromatic N) is 1. The Morgan fingerprint density at radius 1 is 1.33 bits per heavy atom. The van der Waals surface area contributed by atoms with Gasteiger partial charge in [-0.05, 0) is 46.6 Å². The van der Waals surface area contributed by atoms with E-state index >= 15 is 0 Å². The number of hydrogen-bond donors (Lipinski definition) is 1. The number of rotatable bonds is 3. The predicted molar refractivity (Wildman–Crippen MR) is 72.9 cm³/mol. The van der Waals surface area contributed by atoms with E-state index in [1.807, 2.05) is 13.0 Å². The van der Waals surface area contributed by atoms with Gasteiger partial charge in [0.15, 0.2) is 0 Å². The van der Waals surface area contributed by atoms with Crippen molar-refractivity contribution < 1.29 is 9.13 Å². The van der Waals surface area contributed by atoms with Crippen molar-refractivity contribution in [2.24, 2.45) is 0 Å². The van der Waals surface area contributed by atoms with Gasteiger partial charge in [-0.2, -0.15) is 0 Å². The summed E-state index contributed by atoms with van der Waals surface area (Å²) >= 11 is 3.38. The van der Waals surface area contributed by atoms with E-state index in [0.717, 1.165) is 10.0 Å². The molecule has 0 aliphatic carbocycles. The Bertz CT molecular complexity index is 575. The summed E-state index contributed by atoms with van der Waals surface area (Å²) in [4.78, 5) is 4.20. The summed E-state index contributed by atoms with van der Waals surface area (Å²) in [5, 5.41) is 3.04. The second-order valence-electron chi connectivity index (χ2n) is 3.79. The van der Waals surface area contributed by atoms with Crippen molar-refractivity contribution in [3.05, 3.63) is 46.3 Å². The van der Waals surface area contributed by atoms with E-state index in [9.17, 15) is 4.39 Å². The zero-order chi connectivity index (χ0) is 13.1. The van der Waals surface area contributed by atoms with Gasteiger partial charge in [0.1, 0.15) is 17.4 Å². The van der Waals surface area contributed by atoms with Gasteiger partial charge in [-0.15, -0.1) is 0 Å². The summed E-state index contributed by atoms with van der Waals surface area (Å²) in [5.74, 6) is 0.880. The molecule has 0 unspecified atom stereocenters. The first-order valence-corrected chi connectivity index (χ1v) is 6.12. The van der Waals surface area contributed by atoms with Crippen LogP contribution in [0, 0.1) is 12.7 Å². The Labute approximate surface area is 113 Å². The zero-order valence-corrected chi connectivity index (χ0v) is 11.6. The zero-order valence-electron chi connectivity index (χ0n) is 10.00. The number of hydrogen-bond acceptors (Lipinski definition) is 3. The fraction of sp³-hybridized carbons (Fsp3) is 0.154. The van der Waals surface area contributed by atoms with Gasteiger partial charge >= 0.3 is 0 Å². The molecule has 0 spiro atoms. The van der Waals surface area contributed by atoms with Gasteiger partial charge in [0.05, 0.1) is 12.8 Å². The number of aromatic nitrogens is 1. The molecule has 0 atom stereocenters. The molecule has 18 heavy (non-hydrogen) atoms. The first-order chi connectivity index (χ1) is 8.60. The molecule has 2 aromatic rings. The fourth-order valence-corrected chi connectivity index (χ4v) is 1.74. The first-order valence-electron chi connectivity index (χ1n) is 5.33. The molecule has 0 bridgehead atoms. The number of pyridine rings is 1. The van der Waals surface area contributed by atoms with Crippen LogP contribution in [0.4, 0.5) is 15.9 Å². The summed E-state index contributed by atoms with van der Waals surface area (Å²) in [6, 6.07) is 6.17. The summed E-state index contributed by atoms with van der Waals surface area (Å²) in [6.07, 6.45) is 1.70. The third kappa shape index (κ3) is 2.79. The van der Waals surface area contributed by atoms with Gasteiger partial charge in [-0.25, -0.2) is 9.37 Å². The van der Waals surface area contributed by atoms with Crippen LogP contribution in [0.1, 0.15) is 5.56 Å². The number of aryl methyl sites for hydroxylation is 1. The third-order valence-electron chi connectivity index (χ3n) is 2.47. The van der Waals surface area contributed by atoms with Crippen molar-refractivity contribution >= 4 is 27.4 Å². The van der Waals surface area contributed by atoms with Crippen molar-refractivity contribution in [3.63, 3.8) is 0 Å². The van der Waals surface area contributed by atoms with Crippen molar-refractivity contribution in [2.45, 2.75) is 6.92 Å². The summed E-state index contributed by atoms with van der Waals surface area (Å²) in [5.41, 5.74) is 1.59. The van der Waals surface area contributed by atoms with Crippen molar-refractivity contribution in [2.75, 3.05) is 12.4 Å². The Kier molecular flexibility index (Phi) is 3.81. The van der Waals surface area contributed by atoms with Gasteiger partial charge in [0.2, 0.25) is 0 Å². The topological polar surface area (TPSA) is 34.1 Å². The highest BCUT2D eigenvalue weighted by molar-refractivity contribution is 9.10. The molecule has 0 saturated carbocycles. The molecule has 1 aromatic heterocycles. The highest BCUT2D eigenvalue weighted by Gasteiger charge is 2.06. The minimum Gasteiger partial charge on any atom is -0.495 e. The van der Waals surface area contributed by atoms with Gasteiger partial charge in [0, 0.05) is 16.7 Å². The summed E-state index contributed by atoms with van der Waals surface area (Å²) in [6.45, 7) is 1.96. The van der Waals surface area contributed by atoms with Gasteiger partial charge in [0.25, 0.3) is 0 Å². The maximum absolute atomic E-state index is 13.2. The lowest BCUT2D eigenvalue weighted by Crippen LogP contribution is -1.98. The molecule has 1 aromatic carbocycles. The molecule has 0 aliphatic rings. The SMILES string of the molecule is COc1ccc(F)cc1Nc1cc(C)c(Br)cn1. The maximum Gasteiger partial charge on any atom is 0.142 e. The average molecular weight is 311 g/mol. The lowest BCUT2D eigenvalue weighted by atomic mass is 10.2. The Balaban J connectivity index is 2.33. The van der Waals surface area contributed by atoms with E-state index in [2.05, 4.69) is 26.2 Å². The van der Waals surface area contributed by atoms with Gasteiger partial charge in [-0.3, -0.25) is 0 Å². The second kappa shape index (κ2) is 5.35. The van der Waals surface area contributed by atoms with Crippen molar-refractivity contribution in [1.29, 1.82) is 0 Å². The van der Waals surface area contributed by atoms with E-state index in [1.165, 1.54) is 12.1 Å². The molecule has 2 rings (SSSR count). The van der Waals surface area contributed by atoms with E-state index in [1.54, 1.807) is 19.4 Å². The molecule has 0 amide bonds. The minimum absolute atomic E-state index is 0.327. The van der Waals surface area contributed by atoms with Crippen LogP contribution in [0.25, 0.3) is 0 Å². The number of halogens is 2. The van der Waals surface area contributed by atoms with Crippen molar-refractivity contribution in [1.82, 2.24) is 4.98 Å². The Morgan fingerprint density at radius 2 is 2.11 bits per heavy atom. The highest BCUT2D eigenvalue weighted by atomic mass is 79.9. The van der Waals surface area contributed by atoms with Crippen LogP contribution in [0.3, 0.4) is 0 Å². The smallest absolute Gasteiger partial charge is 0.142 e. The van der Waals surface area contributed by atoms with Crippen LogP contribution in [0.15, 0.2) is 34.9 Å². The molecule has 0 saturated heterocycles. The van der Waals surface area contributed by atoms with E-state index in [4.69, 9.17) is 4.74 Å². The molecule has 0 radical (unpaired) electrons. The lowest BCUT2D eigenvalue weighted by Gasteiger charge is -2.11. The average Bonchev–Trinajstić information content (AvgIpc) is 2.34. The molecule has 1 N–H and O–H groups in total. The van der Waals surface area contributed by atoms with Crippen LogP contribution in [-0.4, -0.2) is 12.1 Å². The van der Waals surface area contributed by atoms with Gasteiger partial charge < -0.3 is 10.1 Å². The normalized spacial score (nSPS) is 10.2. The Hall–Kier alpha value is -1.62. The monoisotopic (exact) mass is 310 g/mol.